The first-order valence-electron chi connectivity index (χ1n) is 6.37. The second kappa shape index (κ2) is 5.37. The second-order valence-corrected chi connectivity index (χ2v) is 6.63. The minimum Gasteiger partial charge on any atom is -0.398 e. The average molecular weight is 308 g/mol. The van der Waals surface area contributed by atoms with Crippen LogP contribution >= 0.6 is 0 Å². The summed E-state index contributed by atoms with van der Waals surface area (Å²) in [6.45, 7) is 5.03. The molecular formula is C15H17FN2O2S. The Hall–Kier alpha value is -2.08. The molecule has 6 heteroatoms. The lowest BCUT2D eigenvalue weighted by molar-refractivity contribution is 0.597. The minimum absolute atomic E-state index is 0.0816. The quantitative estimate of drug-likeness (QED) is 0.856. The van der Waals surface area contributed by atoms with Crippen LogP contribution in [0, 0.1) is 26.6 Å². The number of nitrogen functional groups attached to an aromatic ring is 1. The molecule has 0 aliphatic heterocycles. The van der Waals surface area contributed by atoms with Gasteiger partial charge in [-0.1, -0.05) is 12.1 Å². The maximum atomic E-state index is 13.8. The summed E-state index contributed by atoms with van der Waals surface area (Å²) < 4.78 is 41.1. The number of nitrogens with one attached hydrogen (secondary N) is 1. The van der Waals surface area contributed by atoms with Crippen molar-refractivity contribution in [1.82, 2.24) is 0 Å². The molecule has 2 aromatic rings. The summed E-state index contributed by atoms with van der Waals surface area (Å²) in [5, 5.41) is 0. The molecule has 4 nitrogen and oxygen atoms in total. The van der Waals surface area contributed by atoms with Gasteiger partial charge in [-0.3, -0.25) is 4.72 Å². The Labute approximate surface area is 123 Å². The highest BCUT2D eigenvalue weighted by atomic mass is 32.2. The molecule has 0 bridgehead atoms. The molecule has 21 heavy (non-hydrogen) atoms. The lowest BCUT2D eigenvalue weighted by Crippen LogP contribution is -2.17. The van der Waals surface area contributed by atoms with Gasteiger partial charge in [0, 0.05) is 5.69 Å². The van der Waals surface area contributed by atoms with E-state index >= 15 is 0 Å². The molecule has 112 valence electrons. The van der Waals surface area contributed by atoms with Gasteiger partial charge in [-0.15, -0.1) is 0 Å². The molecule has 2 aromatic carbocycles. The van der Waals surface area contributed by atoms with Crippen molar-refractivity contribution in [3.8, 4) is 0 Å². The molecule has 0 aliphatic rings. The number of sulfonamides is 1. The van der Waals surface area contributed by atoms with Crippen LogP contribution in [0.25, 0.3) is 0 Å². The van der Waals surface area contributed by atoms with E-state index in [1.54, 1.807) is 39.0 Å². The zero-order chi connectivity index (χ0) is 15.8. The van der Waals surface area contributed by atoms with Crippen LogP contribution in [0.3, 0.4) is 0 Å². The number of rotatable bonds is 3. The largest absolute Gasteiger partial charge is 0.398 e. The van der Waals surface area contributed by atoms with Crippen LogP contribution in [0.2, 0.25) is 0 Å². The Bertz CT molecular complexity index is 802. The van der Waals surface area contributed by atoms with Gasteiger partial charge in [0.1, 0.15) is 5.82 Å². The van der Waals surface area contributed by atoms with Crippen molar-refractivity contribution in [3.05, 3.63) is 52.8 Å². The van der Waals surface area contributed by atoms with Gasteiger partial charge in [-0.25, -0.2) is 12.8 Å². The molecule has 0 fully saturated rings. The fourth-order valence-corrected chi connectivity index (χ4v) is 3.72. The Morgan fingerprint density at radius 3 is 2.38 bits per heavy atom. The van der Waals surface area contributed by atoms with E-state index in [2.05, 4.69) is 4.72 Å². The first kappa shape index (κ1) is 15.3. The molecule has 0 saturated heterocycles. The fraction of sp³-hybridized carbons (Fsp3) is 0.200. The Kier molecular flexibility index (Phi) is 3.91. The van der Waals surface area contributed by atoms with Crippen LogP contribution in [0.4, 0.5) is 15.8 Å². The number of benzene rings is 2. The highest BCUT2D eigenvalue weighted by Gasteiger charge is 2.22. The van der Waals surface area contributed by atoms with Crippen LogP contribution in [0.15, 0.2) is 35.2 Å². The monoisotopic (exact) mass is 308 g/mol. The summed E-state index contributed by atoms with van der Waals surface area (Å²) in [6.07, 6.45) is 0. The van der Waals surface area contributed by atoms with Gasteiger partial charge in [-0.05, 0) is 55.7 Å². The summed E-state index contributed by atoms with van der Waals surface area (Å²) in [7, 11) is -3.90. The number of hydrogen-bond acceptors (Lipinski definition) is 3. The third kappa shape index (κ3) is 3.00. The van der Waals surface area contributed by atoms with Crippen LogP contribution in [0.1, 0.15) is 16.7 Å². The van der Waals surface area contributed by atoms with Gasteiger partial charge in [0.15, 0.2) is 0 Å². The smallest absolute Gasteiger partial charge is 0.262 e. The zero-order valence-electron chi connectivity index (χ0n) is 12.1. The van der Waals surface area contributed by atoms with Crippen LogP contribution < -0.4 is 10.5 Å². The molecule has 0 saturated carbocycles. The Morgan fingerprint density at radius 2 is 1.76 bits per heavy atom. The van der Waals surface area contributed by atoms with E-state index in [-0.39, 0.29) is 10.6 Å². The van der Waals surface area contributed by atoms with Crippen molar-refractivity contribution >= 4 is 21.4 Å². The van der Waals surface area contributed by atoms with Gasteiger partial charge in [0.25, 0.3) is 10.0 Å². The van der Waals surface area contributed by atoms with Crippen molar-refractivity contribution in [3.63, 3.8) is 0 Å². The van der Waals surface area contributed by atoms with E-state index in [1.165, 1.54) is 12.1 Å². The lowest BCUT2D eigenvalue weighted by atomic mass is 10.1. The van der Waals surface area contributed by atoms with Crippen molar-refractivity contribution in [1.29, 1.82) is 0 Å². The van der Waals surface area contributed by atoms with Crippen molar-refractivity contribution < 1.29 is 12.8 Å². The van der Waals surface area contributed by atoms with E-state index in [0.717, 1.165) is 0 Å². The summed E-state index contributed by atoms with van der Waals surface area (Å²) in [4.78, 5) is 0.0856. The van der Waals surface area contributed by atoms with Gasteiger partial charge in [0.2, 0.25) is 0 Å². The average Bonchev–Trinajstić information content (AvgIpc) is 2.37. The van der Waals surface area contributed by atoms with Gasteiger partial charge in [0.05, 0.1) is 10.6 Å². The first-order chi connectivity index (χ1) is 9.72. The van der Waals surface area contributed by atoms with Crippen molar-refractivity contribution in [2.45, 2.75) is 25.7 Å². The topological polar surface area (TPSA) is 72.2 Å². The SMILES string of the molecule is Cc1ccc(NS(=O)(=O)c2c(C)ccc(N)c2C)c(F)c1. The summed E-state index contributed by atoms with van der Waals surface area (Å²) in [6, 6.07) is 7.59. The molecule has 0 aliphatic carbocycles. The Morgan fingerprint density at radius 1 is 1.10 bits per heavy atom. The van der Waals surface area contributed by atoms with Crippen molar-refractivity contribution in [2.75, 3.05) is 10.5 Å². The molecular weight excluding hydrogens is 291 g/mol. The van der Waals surface area contributed by atoms with E-state index in [4.69, 9.17) is 5.73 Å². The predicted molar refractivity (Wildman–Crippen MR) is 82.3 cm³/mol. The fourth-order valence-electron chi connectivity index (χ4n) is 2.15. The van der Waals surface area contributed by atoms with E-state index in [9.17, 15) is 12.8 Å². The molecule has 0 heterocycles. The second-order valence-electron chi connectivity index (χ2n) is 5.01. The Balaban J connectivity index is 2.51. The van der Waals surface area contributed by atoms with E-state index in [0.29, 0.717) is 22.4 Å². The summed E-state index contributed by atoms with van der Waals surface area (Å²) >= 11 is 0. The molecule has 0 spiro atoms. The minimum atomic E-state index is -3.90. The number of anilines is 2. The maximum Gasteiger partial charge on any atom is 0.262 e. The first-order valence-corrected chi connectivity index (χ1v) is 7.85. The molecule has 0 aromatic heterocycles. The van der Waals surface area contributed by atoms with Gasteiger partial charge >= 0.3 is 0 Å². The van der Waals surface area contributed by atoms with Gasteiger partial charge < -0.3 is 5.73 Å². The molecule has 0 atom stereocenters. The van der Waals surface area contributed by atoms with E-state index in [1.807, 2.05) is 0 Å². The molecule has 2 rings (SSSR count). The van der Waals surface area contributed by atoms with Gasteiger partial charge in [-0.2, -0.15) is 0 Å². The normalized spacial score (nSPS) is 11.4. The molecule has 0 unspecified atom stereocenters. The highest BCUT2D eigenvalue weighted by Crippen LogP contribution is 2.27. The van der Waals surface area contributed by atoms with E-state index < -0.39 is 15.8 Å². The number of halogens is 1. The third-order valence-corrected chi connectivity index (χ3v) is 4.94. The molecule has 3 N–H and O–H groups in total. The number of aryl methyl sites for hydroxylation is 2. The van der Waals surface area contributed by atoms with Crippen LogP contribution in [0.5, 0.6) is 0 Å². The van der Waals surface area contributed by atoms with Crippen LogP contribution in [-0.4, -0.2) is 8.42 Å². The molecule has 0 amide bonds. The van der Waals surface area contributed by atoms with Crippen LogP contribution in [-0.2, 0) is 10.0 Å². The molecule has 0 radical (unpaired) electrons. The standard InChI is InChI=1S/C15H17FN2O2S/c1-9-4-7-14(12(16)8-9)18-21(19,20)15-10(2)5-6-13(17)11(15)3/h4-8,18H,17H2,1-3H3. The maximum absolute atomic E-state index is 13.8. The number of hydrogen-bond donors (Lipinski definition) is 2. The lowest BCUT2D eigenvalue weighted by Gasteiger charge is -2.15. The third-order valence-electron chi connectivity index (χ3n) is 3.28. The highest BCUT2D eigenvalue weighted by molar-refractivity contribution is 7.92. The zero-order valence-corrected chi connectivity index (χ0v) is 12.9. The summed E-state index contributed by atoms with van der Waals surface area (Å²) in [5.74, 6) is -0.613. The summed E-state index contributed by atoms with van der Waals surface area (Å²) in [5.41, 5.74) is 7.79. The predicted octanol–water partition coefficient (Wildman–Crippen LogP) is 3.13. The van der Waals surface area contributed by atoms with Crippen molar-refractivity contribution in [2.24, 2.45) is 0 Å². The number of nitrogens with two attached hydrogens (primary N) is 1.